The zero-order valence-electron chi connectivity index (χ0n) is 9.07. The summed E-state index contributed by atoms with van der Waals surface area (Å²) in [4.78, 5) is 1.33. The van der Waals surface area contributed by atoms with E-state index in [9.17, 15) is 0 Å². The van der Waals surface area contributed by atoms with Crippen molar-refractivity contribution < 1.29 is 0 Å². The van der Waals surface area contributed by atoms with Crippen molar-refractivity contribution in [2.75, 3.05) is 6.26 Å². The molecule has 3 rings (SSSR count). The first-order valence-electron chi connectivity index (χ1n) is 5.70. The molecule has 0 heterocycles. The Morgan fingerprint density at radius 2 is 1.80 bits per heavy atom. The molecule has 2 fully saturated rings. The Kier molecular flexibility index (Phi) is 2.12. The molecule has 2 heteroatoms. The molecule has 0 aromatic heterocycles. The highest BCUT2D eigenvalue weighted by Crippen LogP contribution is 2.64. The topological polar surface area (TPSA) is 26.0 Å². The van der Waals surface area contributed by atoms with Crippen molar-refractivity contribution in [3.05, 3.63) is 29.8 Å². The minimum atomic E-state index is 0.0369. The van der Waals surface area contributed by atoms with Gasteiger partial charge in [-0.2, -0.15) is 0 Å². The number of thioether (sulfide) groups is 1. The van der Waals surface area contributed by atoms with Crippen LogP contribution in [0.15, 0.2) is 29.2 Å². The van der Waals surface area contributed by atoms with Gasteiger partial charge in [0.15, 0.2) is 0 Å². The van der Waals surface area contributed by atoms with Crippen molar-refractivity contribution in [2.24, 2.45) is 17.6 Å². The molecule has 15 heavy (non-hydrogen) atoms. The van der Waals surface area contributed by atoms with Crippen molar-refractivity contribution in [1.29, 1.82) is 0 Å². The van der Waals surface area contributed by atoms with Crippen LogP contribution >= 0.6 is 11.8 Å². The Morgan fingerprint density at radius 1 is 1.20 bits per heavy atom. The number of rotatable bonds is 2. The highest BCUT2D eigenvalue weighted by Gasteiger charge is 2.64. The van der Waals surface area contributed by atoms with E-state index in [1.807, 2.05) is 0 Å². The third-order valence-electron chi connectivity index (χ3n) is 4.22. The molecule has 0 aliphatic heterocycles. The maximum absolute atomic E-state index is 6.50. The monoisotopic (exact) mass is 219 g/mol. The Hall–Kier alpha value is -0.470. The van der Waals surface area contributed by atoms with E-state index >= 15 is 0 Å². The molecule has 2 aliphatic rings. The highest BCUT2D eigenvalue weighted by atomic mass is 32.2. The summed E-state index contributed by atoms with van der Waals surface area (Å²) >= 11 is 1.79. The van der Waals surface area contributed by atoms with Crippen LogP contribution in [0.3, 0.4) is 0 Å². The summed E-state index contributed by atoms with van der Waals surface area (Å²) in [5.41, 5.74) is 7.90. The second-order valence-electron chi connectivity index (χ2n) is 4.81. The number of nitrogens with two attached hydrogens (primary N) is 1. The summed E-state index contributed by atoms with van der Waals surface area (Å²) in [7, 11) is 0. The third-order valence-corrected chi connectivity index (χ3v) is 4.97. The molecule has 2 unspecified atom stereocenters. The molecule has 1 aromatic rings. The molecular weight excluding hydrogens is 202 g/mol. The molecule has 2 aliphatic carbocycles. The lowest BCUT2D eigenvalue weighted by Gasteiger charge is -2.16. The van der Waals surface area contributed by atoms with Crippen molar-refractivity contribution in [3.63, 3.8) is 0 Å². The van der Waals surface area contributed by atoms with Crippen LogP contribution < -0.4 is 5.73 Å². The van der Waals surface area contributed by atoms with E-state index in [1.165, 1.54) is 29.7 Å². The molecule has 0 amide bonds. The first kappa shape index (κ1) is 9.73. The van der Waals surface area contributed by atoms with Crippen LogP contribution in [0.4, 0.5) is 0 Å². The predicted molar refractivity (Wildman–Crippen MR) is 64.9 cm³/mol. The summed E-state index contributed by atoms with van der Waals surface area (Å²) in [6, 6.07) is 8.85. The molecule has 2 saturated carbocycles. The lowest BCUT2D eigenvalue weighted by molar-refractivity contribution is 0.526. The number of hydrogen-bond acceptors (Lipinski definition) is 2. The van der Waals surface area contributed by atoms with E-state index in [0.717, 1.165) is 11.8 Å². The Balaban J connectivity index is 1.88. The van der Waals surface area contributed by atoms with Gasteiger partial charge in [-0.15, -0.1) is 11.8 Å². The van der Waals surface area contributed by atoms with Crippen molar-refractivity contribution in [3.8, 4) is 0 Å². The first-order valence-corrected chi connectivity index (χ1v) is 6.92. The van der Waals surface area contributed by atoms with Gasteiger partial charge in [-0.25, -0.2) is 0 Å². The fourth-order valence-corrected chi connectivity index (χ4v) is 3.72. The maximum atomic E-state index is 6.50. The van der Waals surface area contributed by atoms with Crippen LogP contribution in [0.2, 0.25) is 0 Å². The number of fused-ring (bicyclic) bond motifs is 1. The van der Waals surface area contributed by atoms with Gasteiger partial charge in [-0.1, -0.05) is 18.6 Å². The molecular formula is C13H17NS. The molecule has 0 saturated heterocycles. The van der Waals surface area contributed by atoms with Gasteiger partial charge in [-0.05, 0) is 48.6 Å². The van der Waals surface area contributed by atoms with Crippen LogP contribution in [-0.2, 0) is 5.54 Å². The molecule has 2 atom stereocenters. The van der Waals surface area contributed by atoms with E-state index in [1.54, 1.807) is 11.8 Å². The van der Waals surface area contributed by atoms with Crippen molar-refractivity contribution >= 4 is 11.8 Å². The Labute approximate surface area is 95.4 Å². The van der Waals surface area contributed by atoms with E-state index in [-0.39, 0.29) is 5.54 Å². The first-order chi connectivity index (χ1) is 7.26. The summed E-state index contributed by atoms with van der Waals surface area (Å²) in [5, 5.41) is 0. The second-order valence-corrected chi connectivity index (χ2v) is 5.69. The maximum Gasteiger partial charge on any atom is 0.0473 e. The number of benzene rings is 1. The molecule has 0 spiro atoms. The van der Waals surface area contributed by atoms with Crippen molar-refractivity contribution in [2.45, 2.75) is 29.7 Å². The summed E-state index contributed by atoms with van der Waals surface area (Å²) in [5.74, 6) is 1.55. The van der Waals surface area contributed by atoms with Gasteiger partial charge in [0, 0.05) is 10.4 Å². The fourth-order valence-electron chi connectivity index (χ4n) is 3.31. The molecule has 1 aromatic carbocycles. The van der Waals surface area contributed by atoms with Gasteiger partial charge < -0.3 is 5.73 Å². The zero-order chi connectivity index (χ0) is 10.5. The third kappa shape index (κ3) is 1.28. The summed E-state index contributed by atoms with van der Waals surface area (Å²) in [6.07, 6.45) is 6.17. The van der Waals surface area contributed by atoms with Gasteiger partial charge in [0.25, 0.3) is 0 Å². The normalized spacial score (nSPS) is 37.7. The highest BCUT2D eigenvalue weighted by molar-refractivity contribution is 7.98. The van der Waals surface area contributed by atoms with Crippen molar-refractivity contribution in [1.82, 2.24) is 0 Å². The van der Waals surface area contributed by atoms with Gasteiger partial charge in [0.2, 0.25) is 0 Å². The largest absolute Gasteiger partial charge is 0.321 e. The zero-order valence-corrected chi connectivity index (χ0v) is 9.89. The lowest BCUT2D eigenvalue weighted by atomic mass is 9.97. The molecule has 1 nitrogen and oxygen atoms in total. The SMILES string of the molecule is CSc1ccc(C2(N)C3CCCC32)cc1. The lowest BCUT2D eigenvalue weighted by Crippen LogP contribution is -2.25. The van der Waals surface area contributed by atoms with Gasteiger partial charge in [0.05, 0.1) is 0 Å². The van der Waals surface area contributed by atoms with Gasteiger partial charge >= 0.3 is 0 Å². The quantitative estimate of drug-likeness (QED) is 0.774. The minimum Gasteiger partial charge on any atom is -0.321 e. The number of hydrogen-bond donors (Lipinski definition) is 1. The fraction of sp³-hybridized carbons (Fsp3) is 0.538. The van der Waals surface area contributed by atoms with Crippen LogP contribution in [0.25, 0.3) is 0 Å². The van der Waals surface area contributed by atoms with Gasteiger partial charge in [-0.3, -0.25) is 0 Å². The predicted octanol–water partition coefficient (Wildman–Crippen LogP) is 2.99. The molecule has 2 N–H and O–H groups in total. The molecule has 0 radical (unpaired) electrons. The Morgan fingerprint density at radius 3 is 2.33 bits per heavy atom. The van der Waals surface area contributed by atoms with Gasteiger partial charge in [0.1, 0.15) is 0 Å². The van der Waals surface area contributed by atoms with Crippen LogP contribution in [0.1, 0.15) is 24.8 Å². The van der Waals surface area contributed by atoms with Crippen LogP contribution in [-0.4, -0.2) is 6.26 Å². The molecule has 0 bridgehead atoms. The second kappa shape index (κ2) is 3.26. The minimum absolute atomic E-state index is 0.0369. The van der Waals surface area contributed by atoms with E-state index < -0.39 is 0 Å². The average Bonchev–Trinajstić information content (AvgIpc) is 2.71. The van der Waals surface area contributed by atoms with Crippen LogP contribution in [0, 0.1) is 11.8 Å². The van der Waals surface area contributed by atoms with E-state index in [0.29, 0.717) is 0 Å². The van der Waals surface area contributed by atoms with E-state index in [4.69, 9.17) is 5.73 Å². The standard InChI is InChI=1S/C13H17NS/c1-15-10-7-5-9(6-8-10)13(14)11-3-2-4-12(11)13/h5-8,11-12H,2-4,14H2,1H3. The Bertz CT molecular complexity index is 361. The van der Waals surface area contributed by atoms with Crippen LogP contribution in [0.5, 0.6) is 0 Å². The smallest absolute Gasteiger partial charge is 0.0473 e. The average molecular weight is 219 g/mol. The summed E-state index contributed by atoms with van der Waals surface area (Å²) in [6.45, 7) is 0. The van der Waals surface area contributed by atoms with E-state index in [2.05, 4.69) is 30.5 Å². The molecule has 80 valence electrons. The summed E-state index contributed by atoms with van der Waals surface area (Å²) < 4.78 is 0.